The highest BCUT2D eigenvalue weighted by molar-refractivity contribution is 8.00. The summed E-state index contributed by atoms with van der Waals surface area (Å²) in [4.78, 5) is 12.4. The van der Waals surface area contributed by atoms with Crippen molar-refractivity contribution in [1.82, 2.24) is 15.5 Å². The first kappa shape index (κ1) is 19.3. The van der Waals surface area contributed by atoms with Crippen LogP contribution in [-0.2, 0) is 4.79 Å². The summed E-state index contributed by atoms with van der Waals surface area (Å²) < 4.78 is 13.3. The molecule has 5 nitrogen and oxygen atoms in total. The number of benzene rings is 2. The predicted molar refractivity (Wildman–Crippen MR) is 111 cm³/mol. The first-order chi connectivity index (χ1) is 14.1. The largest absolute Gasteiger partial charge is 0.337 e. The normalized spacial score (nSPS) is 15.2. The average Bonchev–Trinajstić information content (AvgIpc) is 3.21. The molecule has 1 N–H and O–H groups in total. The summed E-state index contributed by atoms with van der Waals surface area (Å²) in [6.07, 6.45) is 3.33. The number of halogens is 1. The van der Waals surface area contributed by atoms with Crippen LogP contribution in [0.3, 0.4) is 0 Å². The maximum atomic E-state index is 13.3. The molecule has 0 aliphatic heterocycles. The van der Waals surface area contributed by atoms with Crippen LogP contribution in [0.4, 0.5) is 4.39 Å². The minimum Gasteiger partial charge on any atom is -0.337 e. The lowest BCUT2D eigenvalue weighted by molar-refractivity contribution is -0.119. The number of hydrogen-bond donors (Lipinski definition) is 1. The Morgan fingerprint density at radius 2 is 1.79 bits per heavy atom. The highest BCUT2D eigenvalue weighted by atomic mass is 32.2. The predicted octanol–water partition coefficient (Wildman–Crippen LogP) is 4.48. The van der Waals surface area contributed by atoms with E-state index in [1.165, 1.54) is 23.9 Å². The second-order valence-electron chi connectivity index (χ2n) is 7.14. The smallest absolute Gasteiger partial charge is 0.231 e. The Bertz CT molecular complexity index is 1090. The Morgan fingerprint density at radius 3 is 2.48 bits per heavy atom. The van der Waals surface area contributed by atoms with Crippen LogP contribution in [0.1, 0.15) is 25.7 Å². The number of aromatic nitrogens is 2. The molecule has 1 aliphatic carbocycles. The third-order valence-electron chi connectivity index (χ3n) is 5.16. The maximum Gasteiger partial charge on any atom is 0.231 e. The molecule has 0 unspecified atom stereocenters. The van der Waals surface area contributed by atoms with Gasteiger partial charge in [0, 0.05) is 16.3 Å². The number of fused-ring (bicyclic) bond motifs is 1. The van der Waals surface area contributed by atoms with Gasteiger partial charge >= 0.3 is 0 Å². The van der Waals surface area contributed by atoms with Crippen LogP contribution < -0.4 is 5.32 Å². The molecule has 2 aromatic carbocycles. The number of carbonyl (C=O) groups is 1. The van der Waals surface area contributed by atoms with Gasteiger partial charge < -0.3 is 5.32 Å². The van der Waals surface area contributed by atoms with E-state index in [2.05, 4.69) is 21.6 Å². The Hall–Kier alpha value is -2.98. The van der Waals surface area contributed by atoms with E-state index in [-0.39, 0.29) is 17.5 Å². The monoisotopic (exact) mass is 406 g/mol. The number of nitrogens with zero attached hydrogens (tertiary/aromatic N) is 3. The molecule has 4 rings (SSSR count). The summed E-state index contributed by atoms with van der Waals surface area (Å²) in [6.45, 7) is 0. The van der Waals surface area contributed by atoms with E-state index >= 15 is 0 Å². The van der Waals surface area contributed by atoms with Gasteiger partial charge in [-0.15, -0.1) is 10.2 Å². The number of carbonyl (C=O) groups excluding carboxylic acids is 1. The van der Waals surface area contributed by atoms with Gasteiger partial charge in [0.15, 0.2) is 0 Å². The van der Waals surface area contributed by atoms with Crippen molar-refractivity contribution in [2.24, 2.45) is 0 Å². The van der Waals surface area contributed by atoms with Crippen LogP contribution >= 0.6 is 11.8 Å². The SMILES string of the molecule is N#CC1(NC(=O)CSc2nnc(-c3ccc(F)cc3)c3ccccc23)CCCC1. The molecule has 7 heteroatoms. The van der Waals surface area contributed by atoms with Gasteiger partial charge in [0.1, 0.15) is 22.1 Å². The fourth-order valence-electron chi connectivity index (χ4n) is 3.69. The zero-order valence-electron chi connectivity index (χ0n) is 15.7. The van der Waals surface area contributed by atoms with Gasteiger partial charge in [0.2, 0.25) is 5.91 Å². The van der Waals surface area contributed by atoms with E-state index in [1.54, 1.807) is 12.1 Å². The average molecular weight is 406 g/mol. The minimum absolute atomic E-state index is 0.165. The molecular formula is C22H19FN4OS. The van der Waals surface area contributed by atoms with Gasteiger partial charge in [-0.1, -0.05) is 36.0 Å². The van der Waals surface area contributed by atoms with Crippen molar-refractivity contribution in [3.8, 4) is 17.3 Å². The Labute approximate surface area is 172 Å². The lowest BCUT2D eigenvalue weighted by Gasteiger charge is -2.21. The number of rotatable bonds is 5. The second-order valence-corrected chi connectivity index (χ2v) is 8.11. The molecule has 0 atom stereocenters. The third kappa shape index (κ3) is 4.08. The van der Waals surface area contributed by atoms with Gasteiger partial charge in [-0.2, -0.15) is 5.26 Å². The summed E-state index contributed by atoms with van der Waals surface area (Å²) in [6, 6.07) is 16.1. The van der Waals surface area contributed by atoms with Crippen molar-refractivity contribution >= 4 is 28.4 Å². The summed E-state index contributed by atoms with van der Waals surface area (Å²) in [5, 5.41) is 23.4. The topological polar surface area (TPSA) is 78.7 Å². The van der Waals surface area contributed by atoms with Crippen LogP contribution in [0.5, 0.6) is 0 Å². The van der Waals surface area contributed by atoms with Crippen molar-refractivity contribution < 1.29 is 9.18 Å². The molecule has 1 heterocycles. The molecule has 29 heavy (non-hydrogen) atoms. The van der Waals surface area contributed by atoms with E-state index in [9.17, 15) is 14.4 Å². The zero-order chi connectivity index (χ0) is 20.3. The van der Waals surface area contributed by atoms with Gasteiger partial charge in [0.05, 0.1) is 11.8 Å². The molecule has 1 aromatic heterocycles. The van der Waals surface area contributed by atoms with Crippen LogP contribution in [0.15, 0.2) is 53.6 Å². The fraction of sp³-hybridized carbons (Fsp3) is 0.273. The Kier molecular flexibility index (Phi) is 5.45. The number of hydrogen-bond acceptors (Lipinski definition) is 5. The number of nitrogens with one attached hydrogen (secondary N) is 1. The van der Waals surface area contributed by atoms with Crippen LogP contribution in [0.25, 0.3) is 22.0 Å². The zero-order valence-corrected chi connectivity index (χ0v) is 16.5. The van der Waals surface area contributed by atoms with Gasteiger partial charge in [-0.05, 0) is 49.9 Å². The second kappa shape index (κ2) is 8.18. The van der Waals surface area contributed by atoms with Crippen molar-refractivity contribution in [3.05, 3.63) is 54.3 Å². The first-order valence-corrected chi connectivity index (χ1v) is 10.5. The third-order valence-corrected chi connectivity index (χ3v) is 6.14. The highest BCUT2D eigenvalue weighted by Crippen LogP contribution is 2.32. The lowest BCUT2D eigenvalue weighted by atomic mass is 10.0. The quantitative estimate of drug-likeness (QED) is 0.632. The number of amides is 1. The number of thioether (sulfide) groups is 1. The van der Waals surface area contributed by atoms with E-state index < -0.39 is 5.54 Å². The van der Waals surface area contributed by atoms with E-state index in [0.29, 0.717) is 23.6 Å². The summed E-state index contributed by atoms with van der Waals surface area (Å²) in [5.74, 6) is -0.314. The Balaban J connectivity index is 1.56. The molecule has 1 saturated carbocycles. The first-order valence-electron chi connectivity index (χ1n) is 9.47. The van der Waals surface area contributed by atoms with Crippen molar-refractivity contribution in [1.29, 1.82) is 5.26 Å². The molecule has 1 fully saturated rings. The van der Waals surface area contributed by atoms with Crippen LogP contribution in [0, 0.1) is 17.1 Å². The van der Waals surface area contributed by atoms with Crippen LogP contribution in [0.2, 0.25) is 0 Å². The van der Waals surface area contributed by atoms with Gasteiger partial charge in [0.25, 0.3) is 0 Å². The highest BCUT2D eigenvalue weighted by Gasteiger charge is 2.35. The summed E-state index contributed by atoms with van der Waals surface area (Å²) in [7, 11) is 0. The minimum atomic E-state index is -0.724. The maximum absolute atomic E-state index is 13.3. The van der Waals surface area contributed by atoms with Crippen molar-refractivity contribution in [3.63, 3.8) is 0 Å². The lowest BCUT2D eigenvalue weighted by Crippen LogP contribution is -2.45. The molecule has 1 amide bonds. The molecule has 0 radical (unpaired) electrons. The van der Waals surface area contributed by atoms with E-state index in [4.69, 9.17) is 0 Å². The molecular weight excluding hydrogens is 387 g/mol. The molecule has 0 spiro atoms. The molecule has 0 bridgehead atoms. The van der Waals surface area contributed by atoms with Gasteiger partial charge in [-0.25, -0.2) is 4.39 Å². The molecule has 1 aliphatic rings. The molecule has 146 valence electrons. The van der Waals surface area contributed by atoms with Crippen LogP contribution in [-0.4, -0.2) is 27.4 Å². The van der Waals surface area contributed by atoms with E-state index in [1.807, 2.05) is 24.3 Å². The summed E-state index contributed by atoms with van der Waals surface area (Å²) >= 11 is 1.30. The van der Waals surface area contributed by atoms with Crippen molar-refractivity contribution in [2.75, 3.05) is 5.75 Å². The summed E-state index contributed by atoms with van der Waals surface area (Å²) in [5.41, 5.74) is 0.725. The van der Waals surface area contributed by atoms with E-state index in [0.717, 1.165) is 29.2 Å². The standard InChI is InChI=1S/C22H19FN4OS/c23-16-9-7-15(8-10-16)20-17-5-1-2-6-18(17)21(27-26-20)29-13-19(28)25-22(14-24)11-3-4-12-22/h1-2,5-10H,3-4,11-13H2,(H,25,28). The number of nitriles is 1. The Morgan fingerprint density at radius 1 is 1.10 bits per heavy atom. The molecule has 0 saturated heterocycles. The molecule has 3 aromatic rings. The van der Waals surface area contributed by atoms with Crippen molar-refractivity contribution in [2.45, 2.75) is 36.2 Å². The fourth-order valence-corrected chi connectivity index (χ4v) is 4.46. The van der Waals surface area contributed by atoms with Gasteiger partial charge in [-0.3, -0.25) is 4.79 Å².